The van der Waals surface area contributed by atoms with Crippen LogP contribution in [0.4, 0.5) is 4.39 Å². The van der Waals surface area contributed by atoms with Crippen LogP contribution in [-0.2, 0) is 6.61 Å². The SMILES string of the molecule is CC(=O)c1ccc(F)cc1-c1ccc(OCc2ccccc2)nc1. The Morgan fingerprint density at radius 1 is 1.08 bits per heavy atom. The number of carbonyl (C=O) groups excluding carboxylic acids is 1. The molecule has 0 saturated heterocycles. The van der Waals surface area contributed by atoms with E-state index in [4.69, 9.17) is 4.74 Å². The van der Waals surface area contributed by atoms with Crippen molar-refractivity contribution in [1.29, 1.82) is 0 Å². The highest BCUT2D eigenvalue weighted by Crippen LogP contribution is 2.26. The molecule has 0 bridgehead atoms. The van der Waals surface area contributed by atoms with Crippen LogP contribution >= 0.6 is 0 Å². The second kappa shape index (κ2) is 7.04. The molecular formula is C20H16FNO2. The minimum atomic E-state index is -0.389. The van der Waals surface area contributed by atoms with Crippen LogP contribution in [0.1, 0.15) is 22.8 Å². The molecule has 1 aromatic heterocycles. The Hall–Kier alpha value is -3.01. The van der Waals surface area contributed by atoms with E-state index in [0.717, 1.165) is 5.56 Å². The summed E-state index contributed by atoms with van der Waals surface area (Å²) in [4.78, 5) is 16.0. The monoisotopic (exact) mass is 321 g/mol. The molecule has 2 aromatic carbocycles. The van der Waals surface area contributed by atoms with Gasteiger partial charge in [-0.25, -0.2) is 9.37 Å². The molecule has 0 aliphatic rings. The highest BCUT2D eigenvalue weighted by atomic mass is 19.1. The van der Waals surface area contributed by atoms with Crippen LogP contribution in [0.25, 0.3) is 11.1 Å². The summed E-state index contributed by atoms with van der Waals surface area (Å²) in [6, 6.07) is 17.4. The van der Waals surface area contributed by atoms with E-state index >= 15 is 0 Å². The third kappa shape index (κ3) is 3.66. The van der Waals surface area contributed by atoms with E-state index in [9.17, 15) is 9.18 Å². The zero-order chi connectivity index (χ0) is 16.9. The smallest absolute Gasteiger partial charge is 0.213 e. The molecule has 3 rings (SSSR count). The molecule has 3 aromatic rings. The van der Waals surface area contributed by atoms with Crippen molar-refractivity contribution in [2.24, 2.45) is 0 Å². The maximum atomic E-state index is 13.5. The maximum absolute atomic E-state index is 13.5. The van der Waals surface area contributed by atoms with Gasteiger partial charge in [0.25, 0.3) is 0 Å². The lowest BCUT2D eigenvalue weighted by Crippen LogP contribution is -1.99. The first-order chi connectivity index (χ1) is 11.6. The molecule has 24 heavy (non-hydrogen) atoms. The molecule has 120 valence electrons. The molecule has 4 heteroatoms. The lowest BCUT2D eigenvalue weighted by molar-refractivity contribution is 0.101. The number of aromatic nitrogens is 1. The van der Waals surface area contributed by atoms with Crippen LogP contribution in [0.2, 0.25) is 0 Å². The van der Waals surface area contributed by atoms with Gasteiger partial charge in [0.15, 0.2) is 5.78 Å². The molecule has 3 nitrogen and oxygen atoms in total. The Morgan fingerprint density at radius 3 is 2.54 bits per heavy atom. The zero-order valence-corrected chi connectivity index (χ0v) is 13.2. The van der Waals surface area contributed by atoms with E-state index in [1.165, 1.54) is 25.1 Å². The highest BCUT2D eigenvalue weighted by Gasteiger charge is 2.11. The number of ether oxygens (including phenoxy) is 1. The number of hydrogen-bond donors (Lipinski definition) is 0. The molecule has 0 spiro atoms. The third-order valence-corrected chi connectivity index (χ3v) is 3.64. The molecular weight excluding hydrogens is 305 g/mol. The van der Waals surface area contributed by atoms with Gasteiger partial charge in [-0.2, -0.15) is 0 Å². The largest absolute Gasteiger partial charge is 0.473 e. The Labute approximate surface area is 139 Å². The molecule has 0 aliphatic heterocycles. The van der Waals surface area contributed by atoms with Crippen LogP contribution in [-0.4, -0.2) is 10.8 Å². The van der Waals surface area contributed by atoms with E-state index in [1.807, 2.05) is 30.3 Å². The lowest BCUT2D eigenvalue weighted by Gasteiger charge is -2.09. The fourth-order valence-electron chi connectivity index (χ4n) is 2.42. The van der Waals surface area contributed by atoms with Crippen LogP contribution in [0.5, 0.6) is 5.88 Å². The van der Waals surface area contributed by atoms with Crippen molar-refractivity contribution in [2.75, 3.05) is 0 Å². The number of Topliss-reactive ketones (excluding diaryl/α,β-unsaturated/α-hetero) is 1. The second-order valence-electron chi connectivity index (χ2n) is 5.41. The number of pyridine rings is 1. The Balaban J connectivity index is 1.80. The number of hydrogen-bond acceptors (Lipinski definition) is 3. The van der Waals surface area contributed by atoms with Gasteiger partial charge in [0, 0.05) is 23.4 Å². The Morgan fingerprint density at radius 2 is 1.88 bits per heavy atom. The Kier molecular flexibility index (Phi) is 4.66. The molecule has 1 heterocycles. The molecule has 0 aliphatic carbocycles. The van der Waals surface area contributed by atoms with E-state index in [-0.39, 0.29) is 11.6 Å². The average Bonchev–Trinajstić information content (AvgIpc) is 2.61. The summed E-state index contributed by atoms with van der Waals surface area (Å²) >= 11 is 0. The summed E-state index contributed by atoms with van der Waals surface area (Å²) < 4.78 is 19.2. The second-order valence-corrected chi connectivity index (χ2v) is 5.41. The van der Waals surface area contributed by atoms with Gasteiger partial charge in [-0.15, -0.1) is 0 Å². The van der Waals surface area contributed by atoms with Gasteiger partial charge in [0.1, 0.15) is 12.4 Å². The number of ketones is 1. The summed E-state index contributed by atoms with van der Waals surface area (Å²) in [5.74, 6) is -0.0304. The number of nitrogens with zero attached hydrogens (tertiary/aromatic N) is 1. The minimum Gasteiger partial charge on any atom is -0.473 e. The number of rotatable bonds is 5. The molecule has 0 N–H and O–H groups in total. The van der Waals surface area contributed by atoms with Crippen molar-refractivity contribution in [1.82, 2.24) is 4.98 Å². The fraction of sp³-hybridized carbons (Fsp3) is 0.100. The normalized spacial score (nSPS) is 10.4. The summed E-state index contributed by atoms with van der Waals surface area (Å²) in [6.07, 6.45) is 1.58. The predicted octanol–water partition coefficient (Wildman–Crippen LogP) is 4.67. The molecule has 0 atom stereocenters. The number of halogens is 1. The molecule has 0 unspecified atom stereocenters. The van der Waals surface area contributed by atoms with Crippen LogP contribution in [0, 0.1) is 5.82 Å². The quantitative estimate of drug-likeness (QED) is 0.641. The van der Waals surface area contributed by atoms with Gasteiger partial charge >= 0.3 is 0 Å². The van der Waals surface area contributed by atoms with Gasteiger partial charge in [-0.1, -0.05) is 30.3 Å². The Bertz CT molecular complexity index is 845. The van der Waals surface area contributed by atoms with Crippen molar-refractivity contribution >= 4 is 5.78 Å². The lowest BCUT2D eigenvalue weighted by atomic mass is 9.98. The van der Waals surface area contributed by atoms with Gasteiger partial charge in [0.05, 0.1) is 0 Å². The van der Waals surface area contributed by atoms with Crippen molar-refractivity contribution in [3.05, 3.63) is 83.8 Å². The van der Waals surface area contributed by atoms with Gasteiger partial charge in [-0.05, 0) is 42.3 Å². The summed E-state index contributed by atoms with van der Waals surface area (Å²) in [5.41, 5.74) is 2.72. The van der Waals surface area contributed by atoms with Gasteiger partial charge < -0.3 is 4.74 Å². The summed E-state index contributed by atoms with van der Waals surface area (Å²) in [6.45, 7) is 1.88. The van der Waals surface area contributed by atoms with Gasteiger partial charge in [-0.3, -0.25) is 4.79 Å². The zero-order valence-electron chi connectivity index (χ0n) is 13.2. The van der Waals surface area contributed by atoms with E-state index < -0.39 is 0 Å². The van der Waals surface area contributed by atoms with E-state index in [2.05, 4.69) is 4.98 Å². The van der Waals surface area contributed by atoms with Crippen molar-refractivity contribution in [2.45, 2.75) is 13.5 Å². The fourth-order valence-corrected chi connectivity index (χ4v) is 2.42. The molecule has 0 amide bonds. The molecule has 0 radical (unpaired) electrons. The standard InChI is InChI=1S/C20H16FNO2/c1-14(23)18-9-8-17(21)11-19(18)16-7-10-20(22-12-16)24-13-15-5-3-2-4-6-15/h2-12H,13H2,1H3. The van der Waals surface area contributed by atoms with Crippen molar-refractivity contribution < 1.29 is 13.9 Å². The number of benzene rings is 2. The van der Waals surface area contributed by atoms with Crippen molar-refractivity contribution in [3.63, 3.8) is 0 Å². The van der Waals surface area contributed by atoms with Crippen LogP contribution < -0.4 is 4.74 Å². The summed E-state index contributed by atoms with van der Waals surface area (Å²) in [7, 11) is 0. The first kappa shape index (κ1) is 15.9. The van der Waals surface area contributed by atoms with Crippen molar-refractivity contribution in [3.8, 4) is 17.0 Å². The van der Waals surface area contributed by atoms with E-state index in [1.54, 1.807) is 18.3 Å². The average molecular weight is 321 g/mol. The van der Waals surface area contributed by atoms with Gasteiger partial charge in [0.2, 0.25) is 5.88 Å². The maximum Gasteiger partial charge on any atom is 0.213 e. The highest BCUT2D eigenvalue weighted by molar-refractivity contribution is 6.00. The number of carbonyl (C=O) groups is 1. The van der Waals surface area contributed by atoms with E-state index in [0.29, 0.717) is 29.2 Å². The minimum absolute atomic E-state index is 0.116. The third-order valence-electron chi connectivity index (χ3n) is 3.64. The first-order valence-corrected chi connectivity index (χ1v) is 7.57. The van der Waals surface area contributed by atoms with Crippen LogP contribution in [0.15, 0.2) is 66.9 Å². The first-order valence-electron chi connectivity index (χ1n) is 7.57. The molecule has 0 fully saturated rings. The topological polar surface area (TPSA) is 39.2 Å². The molecule has 0 saturated carbocycles. The summed E-state index contributed by atoms with van der Waals surface area (Å²) in [5, 5.41) is 0. The predicted molar refractivity (Wildman–Crippen MR) is 90.4 cm³/mol. The van der Waals surface area contributed by atoms with Crippen LogP contribution in [0.3, 0.4) is 0 Å².